The Morgan fingerprint density at radius 1 is 1.19 bits per heavy atom. The van der Waals surface area contributed by atoms with Crippen molar-refractivity contribution in [1.82, 2.24) is 29.4 Å². The number of amides is 1. The molecule has 3 aromatic rings. The third-order valence-electron chi connectivity index (χ3n) is 4.88. The summed E-state index contributed by atoms with van der Waals surface area (Å²) in [7, 11) is 0. The average molecular weight is 352 g/mol. The molecule has 1 atom stereocenters. The van der Waals surface area contributed by atoms with Crippen molar-refractivity contribution in [2.75, 3.05) is 6.54 Å². The fourth-order valence-electron chi connectivity index (χ4n) is 3.66. The number of aryl methyl sites for hydroxylation is 2. The lowest BCUT2D eigenvalue weighted by Gasteiger charge is -2.32. The van der Waals surface area contributed by atoms with E-state index < -0.39 is 0 Å². The summed E-state index contributed by atoms with van der Waals surface area (Å²) in [5, 5.41) is 14.0. The van der Waals surface area contributed by atoms with Gasteiger partial charge in [0, 0.05) is 11.9 Å². The molecule has 1 aliphatic heterocycles. The van der Waals surface area contributed by atoms with Gasteiger partial charge in [-0.1, -0.05) is 18.2 Å². The standard InChI is InChI=1S/C18H20N6O2/c1-11-8-22(9-16-20-19-13(3)24(11)16)17(25)10-23-18(26)15-7-5-4-6-14(15)12(2)21-23/h4-7,11H,8-10H2,1-3H3. The van der Waals surface area contributed by atoms with Gasteiger partial charge < -0.3 is 9.47 Å². The van der Waals surface area contributed by atoms with E-state index in [0.717, 1.165) is 22.7 Å². The molecule has 0 spiro atoms. The van der Waals surface area contributed by atoms with Gasteiger partial charge in [-0.05, 0) is 26.8 Å². The van der Waals surface area contributed by atoms with Crippen molar-refractivity contribution in [3.8, 4) is 0 Å². The van der Waals surface area contributed by atoms with Crippen molar-refractivity contribution < 1.29 is 4.79 Å². The van der Waals surface area contributed by atoms with E-state index in [4.69, 9.17) is 0 Å². The molecular weight excluding hydrogens is 332 g/mol. The predicted molar refractivity (Wildman–Crippen MR) is 95.6 cm³/mol. The fourth-order valence-corrected chi connectivity index (χ4v) is 3.66. The molecule has 0 saturated heterocycles. The van der Waals surface area contributed by atoms with Crippen LogP contribution in [0.15, 0.2) is 29.1 Å². The van der Waals surface area contributed by atoms with Crippen molar-refractivity contribution in [2.24, 2.45) is 0 Å². The Labute approximate surface area is 150 Å². The molecule has 3 heterocycles. The second-order valence-electron chi connectivity index (χ2n) is 6.75. The van der Waals surface area contributed by atoms with Crippen molar-refractivity contribution in [3.05, 3.63) is 52.0 Å². The van der Waals surface area contributed by atoms with Gasteiger partial charge in [-0.15, -0.1) is 10.2 Å². The van der Waals surface area contributed by atoms with E-state index in [-0.39, 0.29) is 24.1 Å². The number of rotatable bonds is 2. The maximum Gasteiger partial charge on any atom is 0.275 e. The molecule has 0 fully saturated rings. The monoisotopic (exact) mass is 352 g/mol. The van der Waals surface area contributed by atoms with Crippen molar-refractivity contribution in [3.63, 3.8) is 0 Å². The summed E-state index contributed by atoms with van der Waals surface area (Å²) in [5.41, 5.74) is 0.485. The SMILES string of the molecule is Cc1nn(CC(=O)N2Cc3nnc(C)n3C(C)C2)c(=O)c2ccccc12. The highest BCUT2D eigenvalue weighted by molar-refractivity contribution is 5.83. The number of fused-ring (bicyclic) bond motifs is 2. The van der Waals surface area contributed by atoms with Crippen LogP contribution in [-0.4, -0.2) is 41.9 Å². The van der Waals surface area contributed by atoms with E-state index in [0.29, 0.717) is 18.5 Å². The molecule has 0 N–H and O–H groups in total. The molecule has 1 aliphatic rings. The molecule has 4 rings (SSSR count). The maximum atomic E-state index is 12.8. The summed E-state index contributed by atoms with van der Waals surface area (Å²) < 4.78 is 3.31. The van der Waals surface area contributed by atoms with E-state index in [1.54, 1.807) is 11.0 Å². The molecule has 26 heavy (non-hydrogen) atoms. The van der Waals surface area contributed by atoms with E-state index >= 15 is 0 Å². The van der Waals surface area contributed by atoms with Gasteiger partial charge in [0.1, 0.15) is 12.4 Å². The minimum atomic E-state index is -0.247. The Hall–Kier alpha value is -3.03. The number of hydrogen-bond donors (Lipinski definition) is 0. The van der Waals surface area contributed by atoms with Gasteiger partial charge in [0.2, 0.25) is 5.91 Å². The Morgan fingerprint density at radius 3 is 2.69 bits per heavy atom. The van der Waals surface area contributed by atoms with Crippen molar-refractivity contribution in [2.45, 2.75) is 39.9 Å². The molecule has 0 saturated carbocycles. The highest BCUT2D eigenvalue weighted by Gasteiger charge is 2.28. The van der Waals surface area contributed by atoms with Crippen LogP contribution in [0.3, 0.4) is 0 Å². The smallest absolute Gasteiger partial charge is 0.275 e. The molecule has 134 valence electrons. The number of carbonyl (C=O) groups excluding carboxylic acids is 1. The summed E-state index contributed by atoms with van der Waals surface area (Å²) in [6.45, 7) is 6.66. The number of carbonyl (C=O) groups is 1. The summed E-state index contributed by atoms with van der Waals surface area (Å²) in [6.07, 6.45) is 0. The van der Waals surface area contributed by atoms with E-state index in [9.17, 15) is 9.59 Å². The second kappa shape index (κ2) is 6.05. The summed E-state index contributed by atoms with van der Waals surface area (Å²) >= 11 is 0. The topological polar surface area (TPSA) is 85.9 Å². The zero-order valence-corrected chi connectivity index (χ0v) is 15.0. The highest BCUT2D eigenvalue weighted by atomic mass is 16.2. The van der Waals surface area contributed by atoms with Crippen LogP contribution < -0.4 is 5.56 Å². The summed E-state index contributed by atoms with van der Waals surface area (Å²) in [6, 6.07) is 7.42. The highest BCUT2D eigenvalue weighted by Crippen LogP contribution is 2.21. The molecule has 2 aromatic heterocycles. The predicted octanol–water partition coefficient (Wildman–Crippen LogP) is 1.21. The summed E-state index contributed by atoms with van der Waals surface area (Å²) in [4.78, 5) is 27.2. The molecule has 0 aliphatic carbocycles. The first-order valence-corrected chi connectivity index (χ1v) is 8.60. The molecule has 8 heteroatoms. The molecule has 8 nitrogen and oxygen atoms in total. The van der Waals surface area contributed by atoms with E-state index in [2.05, 4.69) is 15.3 Å². The second-order valence-corrected chi connectivity index (χ2v) is 6.75. The Kier molecular flexibility index (Phi) is 3.82. The first kappa shape index (κ1) is 16.4. The third kappa shape index (κ3) is 2.58. The van der Waals surface area contributed by atoms with Crippen LogP contribution in [0.5, 0.6) is 0 Å². The first-order chi connectivity index (χ1) is 12.5. The normalized spacial score (nSPS) is 16.7. The number of benzene rings is 1. The minimum absolute atomic E-state index is 0.0790. The van der Waals surface area contributed by atoms with Gasteiger partial charge in [0.05, 0.1) is 23.7 Å². The largest absolute Gasteiger partial charge is 0.331 e. The van der Waals surface area contributed by atoms with Crippen LogP contribution >= 0.6 is 0 Å². The van der Waals surface area contributed by atoms with Gasteiger partial charge in [-0.3, -0.25) is 9.59 Å². The van der Waals surface area contributed by atoms with Crippen LogP contribution in [0.25, 0.3) is 10.8 Å². The maximum absolute atomic E-state index is 12.8. The lowest BCUT2D eigenvalue weighted by Crippen LogP contribution is -2.43. The van der Waals surface area contributed by atoms with E-state index in [1.807, 2.05) is 43.5 Å². The molecular formula is C18H20N6O2. The molecule has 0 bridgehead atoms. The number of hydrogen-bond acceptors (Lipinski definition) is 5. The van der Waals surface area contributed by atoms with Crippen LogP contribution in [0.2, 0.25) is 0 Å². The molecule has 1 amide bonds. The molecule has 1 aromatic carbocycles. The van der Waals surface area contributed by atoms with E-state index in [1.165, 1.54) is 4.68 Å². The van der Waals surface area contributed by atoms with Gasteiger partial charge >= 0.3 is 0 Å². The van der Waals surface area contributed by atoms with Crippen LogP contribution in [-0.2, 0) is 17.9 Å². The zero-order valence-electron chi connectivity index (χ0n) is 15.0. The van der Waals surface area contributed by atoms with Crippen molar-refractivity contribution >= 4 is 16.7 Å². The number of aromatic nitrogens is 5. The Morgan fingerprint density at radius 2 is 1.92 bits per heavy atom. The lowest BCUT2D eigenvalue weighted by molar-refractivity contribution is -0.134. The Bertz CT molecular complexity index is 1070. The van der Waals surface area contributed by atoms with Gasteiger partial charge in [-0.25, -0.2) is 4.68 Å². The minimum Gasteiger partial charge on any atom is -0.331 e. The first-order valence-electron chi connectivity index (χ1n) is 8.60. The van der Waals surface area contributed by atoms with Crippen LogP contribution in [0.4, 0.5) is 0 Å². The number of nitrogens with zero attached hydrogens (tertiary/aromatic N) is 6. The average Bonchev–Trinajstić information content (AvgIpc) is 3.01. The van der Waals surface area contributed by atoms with Gasteiger partial charge in [0.25, 0.3) is 5.56 Å². The lowest BCUT2D eigenvalue weighted by atomic mass is 10.1. The van der Waals surface area contributed by atoms with Gasteiger partial charge in [-0.2, -0.15) is 5.10 Å². The van der Waals surface area contributed by atoms with Crippen LogP contribution in [0, 0.1) is 13.8 Å². The van der Waals surface area contributed by atoms with Crippen molar-refractivity contribution in [1.29, 1.82) is 0 Å². The summed E-state index contributed by atoms with van der Waals surface area (Å²) in [5.74, 6) is 1.47. The van der Waals surface area contributed by atoms with Gasteiger partial charge in [0.15, 0.2) is 5.82 Å². The fraction of sp³-hybridized carbons (Fsp3) is 0.389. The quantitative estimate of drug-likeness (QED) is 0.692. The Balaban J connectivity index is 1.62. The zero-order chi connectivity index (χ0) is 18.4. The third-order valence-corrected chi connectivity index (χ3v) is 4.88. The molecule has 1 unspecified atom stereocenters. The van der Waals surface area contributed by atoms with Crippen LogP contribution in [0.1, 0.15) is 30.3 Å². The molecule has 0 radical (unpaired) electrons.